The molecule has 0 aliphatic rings. The summed E-state index contributed by atoms with van der Waals surface area (Å²) in [5.74, 6) is 0.795. The molecule has 0 aliphatic heterocycles. The zero-order valence-electron chi connectivity index (χ0n) is 25.5. The van der Waals surface area contributed by atoms with Crippen LogP contribution in [0.25, 0.3) is 0 Å². The van der Waals surface area contributed by atoms with Crippen molar-refractivity contribution < 1.29 is 13.2 Å². The third kappa shape index (κ3) is 12.8. The summed E-state index contributed by atoms with van der Waals surface area (Å²) in [6.07, 6.45) is 3.86. The zero-order valence-corrected chi connectivity index (χ0v) is 25.5. The fourth-order valence-electron chi connectivity index (χ4n) is 3.66. The number of halogens is 3. The van der Waals surface area contributed by atoms with Crippen molar-refractivity contribution in [2.45, 2.75) is 113 Å². The first-order chi connectivity index (χ1) is 17.9. The summed E-state index contributed by atoms with van der Waals surface area (Å²) < 4.78 is 39.8. The predicted molar refractivity (Wildman–Crippen MR) is 161 cm³/mol. The summed E-state index contributed by atoms with van der Waals surface area (Å²) in [5, 5.41) is 0. The van der Waals surface area contributed by atoms with Crippen LogP contribution in [-0.4, -0.2) is 0 Å². The van der Waals surface area contributed by atoms with E-state index >= 15 is 0 Å². The van der Waals surface area contributed by atoms with E-state index in [0.717, 1.165) is 47.1 Å². The molecule has 0 amide bonds. The Hall–Kier alpha value is -2.55. The number of aryl methyl sites for hydroxylation is 2. The minimum Gasteiger partial charge on any atom is -0.207 e. The molecule has 0 N–H and O–H groups in total. The van der Waals surface area contributed by atoms with Crippen molar-refractivity contribution >= 4 is 0 Å². The maximum Gasteiger partial charge on any atom is 0.129 e. The molecule has 0 fully saturated rings. The third-order valence-corrected chi connectivity index (χ3v) is 5.90. The van der Waals surface area contributed by atoms with Gasteiger partial charge in [0.25, 0.3) is 0 Å². The molecule has 3 heteroatoms. The van der Waals surface area contributed by atoms with Gasteiger partial charge in [-0.3, -0.25) is 0 Å². The van der Waals surface area contributed by atoms with Crippen LogP contribution in [0, 0.1) is 17.5 Å². The van der Waals surface area contributed by atoms with E-state index < -0.39 is 0 Å². The lowest BCUT2D eigenvalue weighted by molar-refractivity contribution is 0.584. The van der Waals surface area contributed by atoms with Gasteiger partial charge in [-0.1, -0.05) is 131 Å². The minimum absolute atomic E-state index is 0.0185. The zero-order chi connectivity index (χ0) is 29.3. The second-order valence-corrected chi connectivity index (χ2v) is 10.5. The molecule has 0 saturated heterocycles. The van der Waals surface area contributed by atoms with Crippen molar-refractivity contribution in [3.63, 3.8) is 0 Å². The van der Waals surface area contributed by atoms with Gasteiger partial charge in [-0.05, 0) is 70.5 Å². The van der Waals surface area contributed by atoms with Gasteiger partial charge in [0.15, 0.2) is 0 Å². The van der Waals surface area contributed by atoms with Crippen molar-refractivity contribution in [2.75, 3.05) is 0 Å². The summed E-state index contributed by atoms with van der Waals surface area (Å²) in [4.78, 5) is 0. The van der Waals surface area contributed by atoms with Crippen LogP contribution in [0.2, 0.25) is 0 Å². The van der Waals surface area contributed by atoms with Gasteiger partial charge >= 0.3 is 0 Å². The summed E-state index contributed by atoms with van der Waals surface area (Å²) in [7, 11) is 0. The molecule has 3 aromatic carbocycles. The van der Waals surface area contributed by atoms with E-state index in [-0.39, 0.29) is 29.3 Å². The van der Waals surface area contributed by atoms with Gasteiger partial charge in [0, 0.05) is 0 Å². The van der Waals surface area contributed by atoms with E-state index in [0.29, 0.717) is 5.92 Å². The molecule has 0 radical (unpaired) electrons. The summed E-state index contributed by atoms with van der Waals surface area (Å²) in [5.41, 5.74) is 4.36. The Morgan fingerprint density at radius 2 is 1.13 bits per heavy atom. The summed E-state index contributed by atoms with van der Waals surface area (Å²) >= 11 is 0. The number of rotatable bonds is 6. The minimum atomic E-state index is -0.0995. The van der Waals surface area contributed by atoms with E-state index in [1.807, 2.05) is 77.1 Å². The van der Waals surface area contributed by atoms with Gasteiger partial charge in [-0.25, -0.2) is 13.2 Å². The van der Waals surface area contributed by atoms with Crippen molar-refractivity contribution in [3.05, 3.63) is 106 Å². The highest BCUT2D eigenvalue weighted by atomic mass is 19.1. The monoisotopic (exact) mass is 528 g/mol. The van der Waals surface area contributed by atoms with Crippen LogP contribution >= 0.6 is 0 Å². The van der Waals surface area contributed by atoms with E-state index in [9.17, 15) is 13.2 Å². The van der Waals surface area contributed by atoms with Crippen LogP contribution in [0.3, 0.4) is 0 Å². The second kappa shape index (κ2) is 19.5. The lowest BCUT2D eigenvalue weighted by Gasteiger charge is -2.09. The quantitative estimate of drug-likeness (QED) is 0.298. The molecule has 0 unspecified atom stereocenters. The molecule has 3 rings (SSSR count). The van der Waals surface area contributed by atoms with Crippen LogP contribution in [0.1, 0.15) is 128 Å². The van der Waals surface area contributed by atoms with Crippen LogP contribution in [0.4, 0.5) is 13.2 Å². The largest absolute Gasteiger partial charge is 0.207 e. The van der Waals surface area contributed by atoms with Crippen molar-refractivity contribution in [3.8, 4) is 0 Å². The molecular formula is C35H51F3. The maximum absolute atomic E-state index is 13.5. The van der Waals surface area contributed by atoms with E-state index in [1.165, 1.54) is 12.5 Å². The van der Waals surface area contributed by atoms with Crippen LogP contribution in [0.15, 0.2) is 60.7 Å². The molecule has 38 heavy (non-hydrogen) atoms. The van der Waals surface area contributed by atoms with E-state index in [2.05, 4.69) is 34.6 Å². The normalized spacial score (nSPS) is 10.3. The first-order valence-electron chi connectivity index (χ1n) is 14.2. The van der Waals surface area contributed by atoms with Crippen molar-refractivity contribution in [1.82, 2.24) is 0 Å². The second-order valence-electron chi connectivity index (χ2n) is 10.5. The molecule has 0 nitrogen and oxygen atoms in total. The maximum atomic E-state index is 13.5. The highest BCUT2D eigenvalue weighted by Gasteiger charge is 2.09. The molecular weight excluding hydrogens is 477 g/mol. The van der Waals surface area contributed by atoms with Gasteiger partial charge in [-0.15, -0.1) is 0 Å². The lowest BCUT2D eigenvalue weighted by atomic mass is 9.99. The first kappa shape index (κ1) is 35.5. The molecule has 0 saturated carbocycles. The number of benzene rings is 3. The Morgan fingerprint density at radius 1 is 0.579 bits per heavy atom. The summed E-state index contributed by atoms with van der Waals surface area (Å²) in [6.45, 7) is 20.4. The lowest BCUT2D eigenvalue weighted by Crippen LogP contribution is -1.96. The molecule has 0 aliphatic carbocycles. The van der Waals surface area contributed by atoms with Gasteiger partial charge in [0.05, 0.1) is 0 Å². The Morgan fingerprint density at radius 3 is 1.55 bits per heavy atom. The summed E-state index contributed by atoms with van der Waals surface area (Å²) in [6, 6.07) is 18.1. The molecule has 0 bridgehead atoms. The Balaban J connectivity index is 0.000000516. The first-order valence-corrected chi connectivity index (χ1v) is 14.2. The molecule has 0 spiro atoms. The molecule has 3 aromatic rings. The van der Waals surface area contributed by atoms with Crippen LogP contribution in [-0.2, 0) is 12.8 Å². The Labute approximate surface area is 231 Å². The van der Waals surface area contributed by atoms with Gasteiger partial charge in [0.1, 0.15) is 17.5 Å². The van der Waals surface area contributed by atoms with Crippen molar-refractivity contribution in [1.29, 1.82) is 0 Å². The Kier molecular flexibility index (Phi) is 18.2. The van der Waals surface area contributed by atoms with Crippen LogP contribution in [0.5, 0.6) is 0 Å². The Bertz CT molecular complexity index is 1040. The SMILES string of the molecule is CC(C)c1ccccc1F.CCC.CCCc1ccc(C(C)C)cc1F.CCc1cccc(C(C)C)c1F. The van der Waals surface area contributed by atoms with Gasteiger partial charge in [0.2, 0.25) is 0 Å². The van der Waals surface area contributed by atoms with Gasteiger partial charge < -0.3 is 0 Å². The fourth-order valence-corrected chi connectivity index (χ4v) is 3.66. The highest BCUT2D eigenvalue weighted by molar-refractivity contribution is 5.28. The molecule has 0 atom stereocenters. The average Bonchev–Trinajstić information content (AvgIpc) is 2.86. The van der Waals surface area contributed by atoms with Crippen LogP contribution < -0.4 is 0 Å². The third-order valence-electron chi connectivity index (χ3n) is 5.90. The smallest absolute Gasteiger partial charge is 0.129 e. The predicted octanol–water partition coefficient (Wildman–Crippen LogP) is 11.8. The average molecular weight is 529 g/mol. The fraction of sp³-hybridized carbons (Fsp3) is 0.486. The standard InChI is InChI=1S/C12H17F.C11H15F.C9H11F.C3H8/c1-4-5-10-6-7-11(9(2)3)8-12(10)13;1-4-9-6-5-7-10(8(2)3)11(9)12;1-7(2)8-5-3-4-6-9(8)10;1-3-2/h6-9H,4-5H2,1-3H3;5-8H,4H2,1-3H3;3-7H,1-2H3;3H2,1-2H3. The van der Waals surface area contributed by atoms with E-state index in [1.54, 1.807) is 12.1 Å². The molecule has 0 aromatic heterocycles. The van der Waals surface area contributed by atoms with E-state index in [4.69, 9.17) is 0 Å². The molecule has 212 valence electrons. The van der Waals surface area contributed by atoms with Gasteiger partial charge in [-0.2, -0.15) is 0 Å². The topological polar surface area (TPSA) is 0 Å². The highest BCUT2D eigenvalue weighted by Crippen LogP contribution is 2.21. The van der Waals surface area contributed by atoms with Crippen molar-refractivity contribution in [2.24, 2.45) is 0 Å². The number of hydrogen-bond acceptors (Lipinski definition) is 0. The number of hydrogen-bond donors (Lipinski definition) is 0. The molecule has 0 heterocycles.